The number of nitrogens with zero attached hydrogens (tertiary/aromatic N) is 2. The maximum atomic E-state index is 13.3. The first-order chi connectivity index (χ1) is 12.6. The minimum absolute atomic E-state index is 0.0208. The molecule has 140 valence electrons. The van der Waals surface area contributed by atoms with Crippen LogP contribution in [-0.2, 0) is 4.79 Å². The topological polar surface area (TPSA) is 125 Å². The van der Waals surface area contributed by atoms with Gasteiger partial charge in [-0.05, 0) is 38.1 Å². The molecule has 0 fully saturated rings. The number of anilines is 2. The van der Waals surface area contributed by atoms with Gasteiger partial charge in [-0.15, -0.1) is 0 Å². The van der Waals surface area contributed by atoms with Crippen LogP contribution in [0.15, 0.2) is 36.4 Å². The van der Waals surface area contributed by atoms with Gasteiger partial charge in [0.1, 0.15) is 5.82 Å². The molecular weight excluding hydrogens is 361 g/mol. The van der Waals surface area contributed by atoms with Gasteiger partial charge in [0.05, 0.1) is 16.7 Å². The van der Waals surface area contributed by atoms with E-state index in [1.54, 1.807) is 0 Å². The van der Waals surface area contributed by atoms with Crippen LogP contribution >= 0.6 is 0 Å². The molecule has 2 aromatic carbocycles. The van der Waals surface area contributed by atoms with Crippen molar-refractivity contribution in [3.63, 3.8) is 0 Å². The molecule has 2 aromatic rings. The fourth-order valence-corrected chi connectivity index (χ4v) is 2.67. The Morgan fingerprint density at radius 1 is 1.30 bits per heavy atom. The summed E-state index contributed by atoms with van der Waals surface area (Å²) in [7, 11) is 0. The Bertz CT molecular complexity index is 958. The smallest absolute Gasteiger partial charge is 0.410 e. The van der Waals surface area contributed by atoms with Gasteiger partial charge in [-0.3, -0.25) is 19.8 Å². The lowest BCUT2D eigenvalue weighted by Crippen LogP contribution is -2.50. The number of benzene rings is 2. The summed E-state index contributed by atoms with van der Waals surface area (Å²) in [6.45, 7) is 2.99. The Balaban J connectivity index is 2.25. The quantitative estimate of drug-likeness (QED) is 0.649. The summed E-state index contributed by atoms with van der Waals surface area (Å²) < 4.78 is 23.6. The number of carbonyl (C=O) groups excluding carboxylic acids is 2. The van der Waals surface area contributed by atoms with E-state index in [2.05, 4.69) is 0 Å². The summed E-state index contributed by atoms with van der Waals surface area (Å²) in [6, 6.07) is 7.21. The van der Waals surface area contributed by atoms with Crippen LogP contribution in [0, 0.1) is 15.9 Å². The van der Waals surface area contributed by atoms with Crippen molar-refractivity contribution in [3.05, 3.63) is 52.3 Å². The van der Waals surface area contributed by atoms with Crippen molar-refractivity contribution in [1.82, 2.24) is 0 Å². The van der Waals surface area contributed by atoms with E-state index in [0.717, 1.165) is 24.3 Å². The molecule has 2 N–H and O–H groups in total. The molecule has 0 saturated heterocycles. The average molecular weight is 375 g/mol. The lowest BCUT2D eigenvalue weighted by molar-refractivity contribution is -0.385. The van der Waals surface area contributed by atoms with Crippen LogP contribution in [0.2, 0.25) is 0 Å². The number of hydrogen-bond donors (Lipinski definition) is 1. The van der Waals surface area contributed by atoms with E-state index in [4.69, 9.17) is 15.2 Å². The molecule has 1 heterocycles. The normalized spacial score (nSPS) is 14.9. The van der Waals surface area contributed by atoms with Crippen molar-refractivity contribution in [2.45, 2.75) is 19.4 Å². The molecule has 2 amide bonds. The Labute approximate surface area is 152 Å². The van der Waals surface area contributed by atoms with E-state index in [1.165, 1.54) is 30.9 Å². The standard InChI is InChI=1S/C17H14FN3O6/c1-17(2)15(22)20(10-5-3-9(18)4-6-10)11-7-13(26-16(19)23)12(21(24)25)8-14(11)27-17/h3-8H,1-2H3,(H2,19,23). The zero-order chi connectivity index (χ0) is 19.9. The third-order valence-corrected chi connectivity index (χ3v) is 3.86. The second-order valence-corrected chi connectivity index (χ2v) is 6.20. The number of hydrogen-bond acceptors (Lipinski definition) is 6. The van der Waals surface area contributed by atoms with Crippen molar-refractivity contribution >= 4 is 29.1 Å². The highest BCUT2D eigenvalue weighted by molar-refractivity contribution is 6.08. The number of ether oxygens (including phenoxy) is 2. The fourth-order valence-electron chi connectivity index (χ4n) is 2.67. The maximum absolute atomic E-state index is 13.3. The van der Waals surface area contributed by atoms with Gasteiger partial charge < -0.3 is 15.2 Å². The van der Waals surface area contributed by atoms with Crippen molar-refractivity contribution in [3.8, 4) is 11.5 Å². The molecule has 3 rings (SSSR count). The van der Waals surface area contributed by atoms with Crippen molar-refractivity contribution < 1.29 is 28.4 Å². The molecule has 27 heavy (non-hydrogen) atoms. The second kappa shape index (κ2) is 6.24. The first kappa shape index (κ1) is 18.1. The predicted octanol–water partition coefficient (Wildman–Crippen LogP) is 3.03. The number of fused-ring (bicyclic) bond motifs is 1. The van der Waals surface area contributed by atoms with E-state index in [-0.39, 0.29) is 11.4 Å². The van der Waals surface area contributed by atoms with E-state index in [1.807, 2.05) is 0 Å². The van der Waals surface area contributed by atoms with Crippen LogP contribution in [-0.4, -0.2) is 22.5 Å². The number of halogens is 1. The zero-order valence-corrected chi connectivity index (χ0v) is 14.3. The van der Waals surface area contributed by atoms with Gasteiger partial charge in [0.2, 0.25) is 5.75 Å². The Kier molecular flexibility index (Phi) is 4.18. The Morgan fingerprint density at radius 2 is 1.93 bits per heavy atom. The van der Waals surface area contributed by atoms with Gasteiger partial charge in [0.15, 0.2) is 11.4 Å². The molecule has 0 unspecified atom stereocenters. The second-order valence-electron chi connectivity index (χ2n) is 6.20. The fraction of sp³-hybridized carbons (Fsp3) is 0.176. The van der Waals surface area contributed by atoms with Crippen molar-refractivity contribution in [2.24, 2.45) is 5.73 Å². The molecular formula is C17H14FN3O6. The summed E-state index contributed by atoms with van der Waals surface area (Å²) in [4.78, 5) is 35.7. The molecule has 0 aromatic heterocycles. The Morgan fingerprint density at radius 3 is 2.48 bits per heavy atom. The summed E-state index contributed by atoms with van der Waals surface area (Å²) in [5.74, 6) is -1.43. The average Bonchev–Trinajstić information content (AvgIpc) is 2.56. The third kappa shape index (κ3) is 3.24. The molecule has 9 nitrogen and oxygen atoms in total. The molecule has 0 bridgehead atoms. The third-order valence-electron chi connectivity index (χ3n) is 3.86. The SMILES string of the molecule is CC1(C)Oc2cc([N+](=O)[O-])c(OC(N)=O)cc2N(c2ccc(F)cc2)C1=O. The minimum Gasteiger partial charge on any atom is -0.476 e. The van der Waals surface area contributed by atoms with Gasteiger partial charge >= 0.3 is 11.8 Å². The monoisotopic (exact) mass is 375 g/mol. The van der Waals surface area contributed by atoms with Crippen molar-refractivity contribution in [2.75, 3.05) is 4.90 Å². The van der Waals surface area contributed by atoms with Crippen LogP contribution in [0.25, 0.3) is 0 Å². The van der Waals surface area contributed by atoms with Crippen LogP contribution in [0.1, 0.15) is 13.8 Å². The molecule has 0 radical (unpaired) electrons. The van der Waals surface area contributed by atoms with Gasteiger partial charge in [-0.25, -0.2) is 9.18 Å². The number of nitro benzene ring substituents is 1. The highest BCUT2D eigenvalue weighted by atomic mass is 19.1. The maximum Gasteiger partial charge on any atom is 0.410 e. The van der Waals surface area contributed by atoms with Gasteiger partial charge in [-0.2, -0.15) is 0 Å². The highest BCUT2D eigenvalue weighted by Gasteiger charge is 2.43. The number of nitrogens with two attached hydrogens (primary N) is 1. The lowest BCUT2D eigenvalue weighted by Gasteiger charge is -2.38. The highest BCUT2D eigenvalue weighted by Crippen LogP contribution is 2.47. The first-order valence-electron chi connectivity index (χ1n) is 7.69. The van der Waals surface area contributed by atoms with Crippen LogP contribution in [0.3, 0.4) is 0 Å². The minimum atomic E-state index is -1.35. The predicted molar refractivity (Wildman–Crippen MR) is 91.6 cm³/mol. The van der Waals surface area contributed by atoms with Crippen molar-refractivity contribution in [1.29, 1.82) is 0 Å². The van der Waals surface area contributed by atoms with Crippen LogP contribution in [0.5, 0.6) is 11.5 Å². The van der Waals surface area contributed by atoms with E-state index in [0.29, 0.717) is 5.69 Å². The van der Waals surface area contributed by atoms with Gasteiger partial charge in [0.25, 0.3) is 5.91 Å². The molecule has 0 spiro atoms. The number of primary amides is 1. The summed E-state index contributed by atoms with van der Waals surface area (Å²) >= 11 is 0. The number of carbonyl (C=O) groups is 2. The molecule has 10 heteroatoms. The van der Waals surface area contributed by atoms with Gasteiger partial charge in [0, 0.05) is 11.8 Å². The van der Waals surface area contributed by atoms with E-state index in [9.17, 15) is 24.1 Å². The molecule has 1 aliphatic heterocycles. The number of rotatable bonds is 3. The largest absolute Gasteiger partial charge is 0.476 e. The molecule has 0 saturated carbocycles. The van der Waals surface area contributed by atoms with E-state index >= 15 is 0 Å². The zero-order valence-electron chi connectivity index (χ0n) is 14.3. The molecule has 0 aliphatic carbocycles. The summed E-state index contributed by atoms with van der Waals surface area (Å²) in [5, 5.41) is 11.3. The molecule has 0 atom stereocenters. The summed E-state index contributed by atoms with van der Waals surface area (Å²) in [6.07, 6.45) is -1.25. The first-order valence-corrected chi connectivity index (χ1v) is 7.69. The summed E-state index contributed by atoms with van der Waals surface area (Å²) in [5.41, 5.74) is 3.45. The Hall–Kier alpha value is -3.69. The van der Waals surface area contributed by atoms with E-state index < -0.39 is 39.8 Å². The number of nitro groups is 1. The van der Waals surface area contributed by atoms with Crippen LogP contribution < -0.4 is 20.1 Å². The number of amides is 2. The molecule has 1 aliphatic rings. The van der Waals surface area contributed by atoms with Gasteiger partial charge in [-0.1, -0.05) is 0 Å². The van der Waals surface area contributed by atoms with Crippen LogP contribution in [0.4, 0.5) is 26.2 Å². The lowest BCUT2D eigenvalue weighted by atomic mass is 10.0.